The highest BCUT2D eigenvalue weighted by atomic mass is 16.4. The molecule has 1 aromatic carbocycles. The molecule has 0 aliphatic rings. The zero-order valence-corrected chi connectivity index (χ0v) is 26.8. The van der Waals surface area contributed by atoms with Gasteiger partial charge >= 0.3 is 5.97 Å². The second kappa shape index (κ2) is 20.4. The van der Waals surface area contributed by atoms with Crippen LogP contribution in [0.2, 0.25) is 0 Å². The number of amides is 6. The summed E-state index contributed by atoms with van der Waals surface area (Å²) in [6.07, 6.45) is -0.954. The van der Waals surface area contributed by atoms with Gasteiger partial charge < -0.3 is 63.2 Å². The Morgan fingerprint density at radius 3 is 1.77 bits per heavy atom. The van der Waals surface area contributed by atoms with Gasteiger partial charge in [0.15, 0.2) is 6.04 Å². The van der Waals surface area contributed by atoms with E-state index in [4.69, 9.17) is 10.8 Å². The summed E-state index contributed by atoms with van der Waals surface area (Å²) >= 11 is 0. The monoisotopic (exact) mass is 683 g/mol. The smallest absolute Gasteiger partial charge is 0.328 e. The second-order valence-electron chi connectivity index (χ2n) is 10.9. The summed E-state index contributed by atoms with van der Waals surface area (Å²) in [7, 11) is 0. The van der Waals surface area contributed by atoms with Crippen LogP contribution in [0.15, 0.2) is 24.3 Å². The van der Waals surface area contributed by atoms with Gasteiger partial charge in [-0.3, -0.25) is 28.8 Å². The van der Waals surface area contributed by atoms with Gasteiger partial charge in [0.2, 0.25) is 35.4 Å². The predicted molar refractivity (Wildman–Crippen MR) is 166 cm³/mol. The fraction of sp³-hybridized carbons (Fsp3) is 0.552. The number of rotatable bonds is 20. The van der Waals surface area contributed by atoms with Crippen molar-refractivity contribution >= 4 is 41.4 Å². The molecular formula is C29H45N7O12. The van der Waals surface area contributed by atoms with E-state index < -0.39 is 104 Å². The highest BCUT2D eigenvalue weighted by Crippen LogP contribution is 2.12. The van der Waals surface area contributed by atoms with E-state index in [1.807, 2.05) is 12.2 Å². The second-order valence-corrected chi connectivity index (χ2v) is 10.9. The summed E-state index contributed by atoms with van der Waals surface area (Å²) in [6.45, 7) is 1.44. The first kappa shape index (κ1) is 41.2. The van der Waals surface area contributed by atoms with E-state index in [0.29, 0.717) is 12.0 Å². The molecule has 19 nitrogen and oxygen atoms in total. The molecule has 0 radical (unpaired) electrons. The predicted octanol–water partition coefficient (Wildman–Crippen LogP) is -5.07. The number of aliphatic hydroxyl groups excluding tert-OH is 3. The lowest BCUT2D eigenvalue weighted by Crippen LogP contribution is -2.58. The molecule has 19 heteroatoms. The van der Waals surface area contributed by atoms with Crippen LogP contribution in [0, 0.1) is 5.92 Å². The van der Waals surface area contributed by atoms with E-state index in [1.165, 1.54) is 24.3 Å². The van der Waals surface area contributed by atoms with Gasteiger partial charge in [0.1, 0.15) is 23.9 Å². The van der Waals surface area contributed by atoms with Crippen molar-refractivity contribution < 1.29 is 59.1 Å². The fourth-order valence-corrected chi connectivity index (χ4v) is 3.94. The Labute approximate surface area is 276 Å². The van der Waals surface area contributed by atoms with E-state index >= 15 is 0 Å². The third-order valence-electron chi connectivity index (χ3n) is 7.13. The molecule has 1 aromatic rings. The average molecular weight is 684 g/mol. The lowest BCUT2D eigenvalue weighted by Gasteiger charge is -2.25. The number of nitrogens with two attached hydrogens (primary N) is 1. The van der Waals surface area contributed by atoms with Gasteiger partial charge in [-0.05, 0) is 30.5 Å². The van der Waals surface area contributed by atoms with Crippen molar-refractivity contribution in [1.82, 2.24) is 31.9 Å². The topological polar surface area (TPSA) is 319 Å². The number of aromatic hydroxyl groups is 1. The van der Waals surface area contributed by atoms with Crippen LogP contribution in [0.5, 0.6) is 5.75 Å². The number of phenolic OH excluding ortho intramolecular Hbond substituents is 1. The molecule has 1 rings (SSSR count). The molecule has 7 atom stereocenters. The molecular weight excluding hydrogens is 638 g/mol. The lowest BCUT2D eigenvalue weighted by molar-refractivity contribution is -0.145. The quantitative estimate of drug-likeness (QED) is 0.0613. The third kappa shape index (κ3) is 13.9. The Balaban J connectivity index is 2.76. The number of carboxylic acids is 1. The minimum absolute atomic E-state index is 0.0226. The highest BCUT2D eigenvalue weighted by molar-refractivity contribution is 5.95. The number of phenols is 1. The first-order chi connectivity index (χ1) is 22.5. The van der Waals surface area contributed by atoms with Crippen molar-refractivity contribution in [3.63, 3.8) is 0 Å². The summed E-state index contributed by atoms with van der Waals surface area (Å²) in [4.78, 5) is 86.3. The summed E-state index contributed by atoms with van der Waals surface area (Å²) in [5.41, 5.74) is 6.55. The van der Waals surface area contributed by atoms with E-state index in [2.05, 4.69) is 26.6 Å². The minimum atomic E-state index is -1.71. The number of carboxylic acid groups (broad SMARTS) is 1. The van der Waals surface area contributed by atoms with E-state index in [-0.39, 0.29) is 18.1 Å². The minimum Gasteiger partial charge on any atom is -0.508 e. The maximum Gasteiger partial charge on any atom is 0.328 e. The van der Waals surface area contributed by atoms with E-state index in [9.17, 15) is 54.0 Å². The normalized spacial score (nSPS) is 15.2. The van der Waals surface area contributed by atoms with Crippen LogP contribution in [-0.2, 0) is 40.0 Å². The number of aliphatic hydroxyl groups is 3. The maximum atomic E-state index is 13.2. The Morgan fingerprint density at radius 2 is 1.25 bits per heavy atom. The van der Waals surface area contributed by atoms with Crippen LogP contribution >= 0.6 is 0 Å². The van der Waals surface area contributed by atoms with Crippen molar-refractivity contribution in [2.45, 2.75) is 69.9 Å². The molecule has 0 spiro atoms. The molecule has 13 N–H and O–H groups in total. The van der Waals surface area contributed by atoms with Crippen molar-refractivity contribution in [1.29, 1.82) is 0 Å². The van der Waals surface area contributed by atoms with Crippen LogP contribution in [0.1, 0.15) is 32.8 Å². The molecule has 0 aromatic heterocycles. The lowest BCUT2D eigenvalue weighted by atomic mass is 9.98. The van der Waals surface area contributed by atoms with Gasteiger partial charge in [-0.15, -0.1) is 0 Å². The van der Waals surface area contributed by atoms with Crippen LogP contribution < -0.4 is 37.6 Å². The molecule has 0 bridgehead atoms. The zero-order chi connectivity index (χ0) is 36.6. The summed E-state index contributed by atoms with van der Waals surface area (Å²) in [5, 5.41) is 60.5. The summed E-state index contributed by atoms with van der Waals surface area (Å²) < 4.78 is 0. The molecule has 0 fully saturated rings. The van der Waals surface area contributed by atoms with Crippen LogP contribution in [0.25, 0.3) is 0 Å². The van der Waals surface area contributed by atoms with Gasteiger partial charge in [-0.2, -0.15) is 0 Å². The zero-order valence-electron chi connectivity index (χ0n) is 26.8. The van der Waals surface area contributed by atoms with Gasteiger partial charge in [0, 0.05) is 6.42 Å². The van der Waals surface area contributed by atoms with Crippen molar-refractivity contribution in [2.75, 3.05) is 26.3 Å². The average Bonchev–Trinajstić information content (AvgIpc) is 3.05. The molecule has 0 aliphatic heterocycles. The van der Waals surface area contributed by atoms with Crippen LogP contribution in [-0.4, -0.2) is 130 Å². The standard InChI is InChI=1S/C29H45N7O12/c1-4-14(2)23(30)28(46)34-18(9-16-5-7-17(40)8-6-16)26(44)35-19(12-37)25(43)32-10-21(41)31-11-22(42)33-20(13-38)27(45)36-24(15(3)39)29(47)48/h5-8,14-15,18-20,23-24,37-40H,4,9-13,30H2,1-3H3,(H,31,41)(H,32,43)(H,33,42)(H,34,46)(H,35,44)(H,36,45)(H,47,48)/t14-,15+,18-,19-,20-,23-,24-/m0/s1. The molecule has 0 aliphatic carbocycles. The van der Waals surface area contributed by atoms with E-state index in [0.717, 1.165) is 6.92 Å². The van der Waals surface area contributed by atoms with Crippen molar-refractivity contribution in [3.8, 4) is 5.75 Å². The number of carbonyl (C=O) groups excluding carboxylic acids is 6. The summed E-state index contributed by atoms with van der Waals surface area (Å²) in [5.74, 6) is -7.23. The third-order valence-corrected chi connectivity index (χ3v) is 7.13. The van der Waals surface area contributed by atoms with Gasteiger partial charge in [-0.25, -0.2) is 4.79 Å². The SMILES string of the molecule is CC[C@H](C)[C@H](N)C(=O)N[C@@H](Cc1ccc(O)cc1)C(=O)N[C@@H](CO)C(=O)NCC(=O)NCC(=O)N[C@@H](CO)C(=O)N[C@H](C(=O)O)[C@@H](C)O. The van der Waals surface area contributed by atoms with Crippen molar-refractivity contribution in [3.05, 3.63) is 29.8 Å². The van der Waals surface area contributed by atoms with Gasteiger partial charge in [0.05, 0.1) is 38.4 Å². The number of benzene rings is 1. The molecule has 6 amide bonds. The van der Waals surface area contributed by atoms with E-state index in [1.54, 1.807) is 6.92 Å². The van der Waals surface area contributed by atoms with Crippen molar-refractivity contribution in [2.24, 2.45) is 11.7 Å². The molecule has 0 heterocycles. The largest absolute Gasteiger partial charge is 0.508 e. The van der Waals surface area contributed by atoms with Gasteiger partial charge in [0.25, 0.3) is 0 Å². The fourth-order valence-electron chi connectivity index (χ4n) is 3.94. The number of hydrogen-bond donors (Lipinski definition) is 12. The highest BCUT2D eigenvalue weighted by Gasteiger charge is 2.31. The Bertz CT molecular complexity index is 1280. The van der Waals surface area contributed by atoms with Gasteiger partial charge in [-0.1, -0.05) is 32.4 Å². The Hall–Kier alpha value is -4.85. The number of carbonyl (C=O) groups is 7. The van der Waals surface area contributed by atoms with Crippen LogP contribution in [0.4, 0.5) is 0 Å². The first-order valence-corrected chi connectivity index (χ1v) is 14.9. The maximum absolute atomic E-state index is 13.2. The number of hydrogen-bond acceptors (Lipinski definition) is 12. The summed E-state index contributed by atoms with van der Waals surface area (Å²) in [6, 6.07) is -1.25. The first-order valence-electron chi connectivity index (χ1n) is 14.9. The number of nitrogens with one attached hydrogen (secondary N) is 6. The Kier molecular flexibility index (Phi) is 17.5. The Morgan fingerprint density at radius 1 is 0.729 bits per heavy atom. The molecule has 0 saturated heterocycles. The number of aliphatic carboxylic acids is 1. The molecule has 268 valence electrons. The molecule has 0 saturated carbocycles. The molecule has 0 unspecified atom stereocenters. The van der Waals surface area contributed by atoms with Crippen LogP contribution in [0.3, 0.4) is 0 Å². The molecule has 48 heavy (non-hydrogen) atoms.